The zero-order valence-electron chi connectivity index (χ0n) is 16.2. The van der Waals surface area contributed by atoms with Crippen molar-refractivity contribution in [1.82, 2.24) is 15.5 Å². The van der Waals surface area contributed by atoms with Gasteiger partial charge in [0.2, 0.25) is 5.91 Å². The van der Waals surface area contributed by atoms with Gasteiger partial charge < -0.3 is 15.5 Å². The van der Waals surface area contributed by atoms with Crippen molar-refractivity contribution < 1.29 is 9.59 Å². The lowest BCUT2D eigenvalue weighted by molar-refractivity contribution is -0.124. The fourth-order valence-corrected chi connectivity index (χ4v) is 5.40. The molecule has 0 bridgehead atoms. The van der Waals surface area contributed by atoms with E-state index in [1.165, 1.54) is 12.8 Å². The number of nitrogens with zero attached hydrogens (tertiary/aromatic N) is 1. The Morgan fingerprint density at radius 1 is 0.964 bits per heavy atom. The van der Waals surface area contributed by atoms with Crippen LogP contribution in [0.3, 0.4) is 0 Å². The molecule has 0 unspecified atom stereocenters. The maximum absolute atomic E-state index is 12.4. The predicted octanol–water partition coefficient (Wildman–Crippen LogP) is 3.96. The van der Waals surface area contributed by atoms with E-state index in [0.717, 1.165) is 67.4 Å². The maximum Gasteiger partial charge on any atom is 0.251 e. The normalized spacial score (nSPS) is 18.9. The second-order valence-corrected chi connectivity index (χ2v) is 9.76. The zero-order chi connectivity index (χ0) is 19.9. The van der Waals surface area contributed by atoms with E-state index in [0.29, 0.717) is 11.5 Å². The molecule has 1 saturated heterocycles. The summed E-state index contributed by atoms with van der Waals surface area (Å²) in [6.45, 7) is 4.44. The molecular formula is C21H29Br2N3O2. The van der Waals surface area contributed by atoms with Gasteiger partial charge in [0.1, 0.15) is 0 Å². The SMILES string of the molecule is O=C(NCC1CCN(CCNC(=O)C2CCCC2)CC1)c1cc(Br)cc(Br)c1. The van der Waals surface area contributed by atoms with E-state index in [2.05, 4.69) is 47.4 Å². The topological polar surface area (TPSA) is 61.4 Å². The minimum absolute atomic E-state index is 0.0287. The van der Waals surface area contributed by atoms with Gasteiger partial charge in [-0.15, -0.1) is 0 Å². The molecule has 2 aliphatic rings. The Bertz CT molecular complexity index is 664. The molecule has 3 rings (SSSR count). The highest BCUT2D eigenvalue weighted by molar-refractivity contribution is 9.11. The van der Waals surface area contributed by atoms with Crippen LogP contribution in [-0.4, -0.2) is 49.4 Å². The predicted molar refractivity (Wildman–Crippen MR) is 118 cm³/mol. The van der Waals surface area contributed by atoms with Crippen LogP contribution in [0.1, 0.15) is 48.9 Å². The molecule has 28 heavy (non-hydrogen) atoms. The molecule has 1 aliphatic carbocycles. The fraction of sp³-hybridized carbons (Fsp3) is 0.619. The van der Waals surface area contributed by atoms with Crippen LogP contribution in [0, 0.1) is 11.8 Å². The lowest BCUT2D eigenvalue weighted by Crippen LogP contribution is -2.42. The Morgan fingerprint density at radius 2 is 1.61 bits per heavy atom. The Labute approximate surface area is 184 Å². The van der Waals surface area contributed by atoms with E-state index in [1.807, 2.05) is 18.2 Å². The van der Waals surface area contributed by atoms with Crippen molar-refractivity contribution >= 4 is 43.7 Å². The number of carbonyl (C=O) groups excluding carboxylic acids is 2. The Hall–Kier alpha value is -0.920. The van der Waals surface area contributed by atoms with Gasteiger partial charge in [0.25, 0.3) is 5.91 Å². The molecule has 1 heterocycles. The summed E-state index contributed by atoms with van der Waals surface area (Å²) in [5.74, 6) is 0.984. The number of carbonyl (C=O) groups is 2. The summed E-state index contributed by atoms with van der Waals surface area (Å²) in [6, 6.07) is 5.59. The first-order valence-corrected chi connectivity index (χ1v) is 11.8. The highest BCUT2D eigenvalue weighted by atomic mass is 79.9. The third kappa shape index (κ3) is 6.56. The highest BCUT2D eigenvalue weighted by Crippen LogP contribution is 2.24. The molecule has 154 valence electrons. The van der Waals surface area contributed by atoms with Gasteiger partial charge >= 0.3 is 0 Å². The van der Waals surface area contributed by atoms with Crippen LogP contribution in [0.2, 0.25) is 0 Å². The molecule has 7 heteroatoms. The van der Waals surface area contributed by atoms with E-state index in [9.17, 15) is 9.59 Å². The second kappa shape index (κ2) is 10.7. The van der Waals surface area contributed by atoms with Crippen molar-refractivity contribution in [2.75, 3.05) is 32.7 Å². The number of piperidine rings is 1. The Balaban J connectivity index is 1.31. The first-order chi connectivity index (χ1) is 13.5. The molecule has 0 spiro atoms. The van der Waals surface area contributed by atoms with E-state index in [1.54, 1.807) is 0 Å². The van der Waals surface area contributed by atoms with Gasteiger partial charge in [-0.1, -0.05) is 44.7 Å². The maximum atomic E-state index is 12.4. The van der Waals surface area contributed by atoms with Crippen molar-refractivity contribution in [1.29, 1.82) is 0 Å². The zero-order valence-corrected chi connectivity index (χ0v) is 19.4. The number of halogens is 2. The van der Waals surface area contributed by atoms with Gasteiger partial charge in [0.15, 0.2) is 0 Å². The van der Waals surface area contributed by atoms with Crippen molar-refractivity contribution in [2.45, 2.75) is 38.5 Å². The van der Waals surface area contributed by atoms with Gasteiger partial charge in [-0.05, 0) is 62.9 Å². The fourth-order valence-electron chi connectivity index (χ4n) is 4.11. The molecule has 1 aromatic carbocycles. The van der Waals surface area contributed by atoms with Crippen molar-refractivity contribution in [3.63, 3.8) is 0 Å². The van der Waals surface area contributed by atoms with Crippen molar-refractivity contribution in [3.8, 4) is 0 Å². The average Bonchev–Trinajstić information content (AvgIpc) is 3.21. The molecule has 2 amide bonds. The highest BCUT2D eigenvalue weighted by Gasteiger charge is 2.23. The van der Waals surface area contributed by atoms with Crippen LogP contribution in [0.15, 0.2) is 27.1 Å². The van der Waals surface area contributed by atoms with E-state index >= 15 is 0 Å². The van der Waals surface area contributed by atoms with E-state index in [-0.39, 0.29) is 17.7 Å². The average molecular weight is 515 g/mol. The number of rotatable bonds is 7. The molecule has 0 atom stereocenters. The number of benzene rings is 1. The number of hydrogen-bond acceptors (Lipinski definition) is 3. The molecule has 0 aromatic heterocycles. The third-order valence-corrected chi connectivity index (χ3v) is 6.75. The van der Waals surface area contributed by atoms with E-state index < -0.39 is 0 Å². The summed E-state index contributed by atoms with van der Waals surface area (Å²) in [6.07, 6.45) is 6.67. The minimum Gasteiger partial charge on any atom is -0.355 e. The lowest BCUT2D eigenvalue weighted by atomic mass is 9.96. The molecule has 2 N–H and O–H groups in total. The summed E-state index contributed by atoms with van der Waals surface area (Å²) in [7, 11) is 0. The van der Waals surface area contributed by atoms with Crippen LogP contribution >= 0.6 is 31.9 Å². The Kier molecular flexibility index (Phi) is 8.36. The third-order valence-electron chi connectivity index (χ3n) is 5.84. The largest absolute Gasteiger partial charge is 0.355 e. The molecule has 1 aliphatic heterocycles. The van der Waals surface area contributed by atoms with Gasteiger partial charge in [-0.25, -0.2) is 0 Å². The minimum atomic E-state index is -0.0287. The number of hydrogen-bond donors (Lipinski definition) is 2. The first kappa shape index (κ1) is 21.8. The van der Waals surface area contributed by atoms with Gasteiger partial charge in [-0.2, -0.15) is 0 Å². The molecule has 5 nitrogen and oxygen atoms in total. The number of likely N-dealkylation sites (tertiary alicyclic amines) is 1. The molecular weight excluding hydrogens is 486 g/mol. The molecule has 2 fully saturated rings. The van der Waals surface area contributed by atoms with Gasteiger partial charge in [-0.3, -0.25) is 9.59 Å². The summed E-state index contributed by atoms with van der Waals surface area (Å²) in [4.78, 5) is 26.9. The summed E-state index contributed by atoms with van der Waals surface area (Å²) >= 11 is 6.84. The van der Waals surface area contributed by atoms with Crippen LogP contribution in [0.5, 0.6) is 0 Å². The quantitative estimate of drug-likeness (QED) is 0.579. The standard InChI is InChI=1S/C21H29Br2N3O2/c22-18-11-17(12-19(23)13-18)21(28)25-14-15-5-8-26(9-6-15)10-7-24-20(27)16-3-1-2-4-16/h11-13,15-16H,1-10,14H2,(H,24,27)(H,25,28). The van der Waals surface area contributed by atoms with Crippen molar-refractivity contribution in [3.05, 3.63) is 32.7 Å². The summed E-state index contributed by atoms with van der Waals surface area (Å²) in [5.41, 5.74) is 0.664. The molecule has 1 saturated carbocycles. The van der Waals surface area contributed by atoms with Crippen molar-refractivity contribution in [2.24, 2.45) is 11.8 Å². The van der Waals surface area contributed by atoms with E-state index in [4.69, 9.17) is 0 Å². The first-order valence-electron chi connectivity index (χ1n) is 10.3. The smallest absolute Gasteiger partial charge is 0.251 e. The molecule has 0 radical (unpaired) electrons. The monoisotopic (exact) mass is 513 g/mol. The van der Waals surface area contributed by atoms with Gasteiger partial charge in [0.05, 0.1) is 0 Å². The summed E-state index contributed by atoms with van der Waals surface area (Å²) in [5, 5.41) is 6.18. The number of nitrogens with one attached hydrogen (secondary N) is 2. The van der Waals surface area contributed by atoms with Gasteiger partial charge in [0, 0.05) is 40.1 Å². The Morgan fingerprint density at radius 3 is 2.25 bits per heavy atom. The molecule has 1 aromatic rings. The second-order valence-electron chi connectivity index (χ2n) is 7.93. The van der Waals surface area contributed by atoms with Crippen LogP contribution in [0.25, 0.3) is 0 Å². The van der Waals surface area contributed by atoms with Crippen LogP contribution in [-0.2, 0) is 4.79 Å². The van der Waals surface area contributed by atoms with Crippen LogP contribution < -0.4 is 10.6 Å². The van der Waals surface area contributed by atoms with Crippen LogP contribution in [0.4, 0.5) is 0 Å². The number of amides is 2. The summed E-state index contributed by atoms with van der Waals surface area (Å²) < 4.78 is 1.78. The lowest BCUT2D eigenvalue weighted by Gasteiger charge is -2.32.